The molecule has 10 nitrogen and oxygen atoms in total. The maximum absolute atomic E-state index is 14.5. The highest BCUT2D eigenvalue weighted by Crippen LogP contribution is 2.76. The molecular formula is C36H58O10. The second-order valence-electron chi connectivity index (χ2n) is 17.4. The quantitative estimate of drug-likeness (QED) is 0.177. The predicted molar refractivity (Wildman–Crippen MR) is 168 cm³/mol. The number of hydrogen-bond acceptors (Lipinski definition) is 10. The molecule has 1 saturated heterocycles. The van der Waals surface area contributed by atoms with Gasteiger partial charge in [-0.3, -0.25) is 4.79 Å². The van der Waals surface area contributed by atoms with E-state index in [2.05, 4.69) is 26.8 Å². The van der Waals surface area contributed by atoms with Crippen LogP contribution in [0.5, 0.6) is 0 Å². The molecule has 0 aromatic rings. The number of aliphatic hydroxyl groups is 7. The fourth-order valence-corrected chi connectivity index (χ4v) is 12.3. The van der Waals surface area contributed by atoms with E-state index in [1.165, 1.54) is 0 Å². The summed E-state index contributed by atoms with van der Waals surface area (Å²) < 4.78 is 11.5. The molecule has 4 saturated carbocycles. The zero-order valence-corrected chi connectivity index (χ0v) is 28.5. The van der Waals surface area contributed by atoms with Gasteiger partial charge < -0.3 is 45.2 Å². The van der Waals surface area contributed by atoms with Crippen molar-refractivity contribution in [2.24, 2.45) is 50.7 Å². The van der Waals surface area contributed by atoms with Crippen molar-refractivity contribution >= 4 is 5.97 Å². The van der Waals surface area contributed by atoms with Gasteiger partial charge in [-0.2, -0.15) is 0 Å². The lowest BCUT2D eigenvalue weighted by Gasteiger charge is -2.72. The van der Waals surface area contributed by atoms with Gasteiger partial charge >= 0.3 is 5.97 Å². The number of hydrogen-bond donors (Lipinski definition) is 7. The number of ether oxygens (including phenoxy) is 2. The molecular weight excluding hydrogens is 592 g/mol. The van der Waals surface area contributed by atoms with Crippen molar-refractivity contribution in [3.05, 3.63) is 11.6 Å². The zero-order valence-electron chi connectivity index (χ0n) is 28.5. The fraction of sp³-hybridized carbons (Fsp3) is 0.917. The van der Waals surface area contributed by atoms with Crippen molar-refractivity contribution in [2.45, 2.75) is 142 Å². The van der Waals surface area contributed by atoms with Crippen LogP contribution in [0.1, 0.15) is 99.3 Å². The number of carbonyl (C=O) groups excluding carboxylic acids is 1. The van der Waals surface area contributed by atoms with Crippen LogP contribution < -0.4 is 0 Å². The SMILES string of the molecule is C[C@@H]1CC[C@@]2(C(=O)O[C@H]3O[C@@H](CO)[C@@H](O)[C@@H](O)[C@H]3O)CC[C@]3(C)C(=CC[C@H]4[C@@]5(C)CC[C@H](O)[C@@](C)(CO)[C@@H]5CC[C@@]43C)[C@@H]2[C@@]1(C)O. The second kappa shape index (κ2) is 11.2. The van der Waals surface area contributed by atoms with Crippen molar-refractivity contribution in [3.63, 3.8) is 0 Å². The van der Waals surface area contributed by atoms with E-state index in [1.54, 1.807) is 0 Å². The van der Waals surface area contributed by atoms with Crippen LogP contribution in [-0.4, -0.2) is 97.3 Å². The summed E-state index contributed by atoms with van der Waals surface area (Å²) in [7, 11) is 0. The molecule has 0 radical (unpaired) electrons. The molecule has 10 heteroatoms. The van der Waals surface area contributed by atoms with Gasteiger partial charge in [-0.15, -0.1) is 0 Å². The molecule has 0 aromatic heterocycles. The van der Waals surface area contributed by atoms with Crippen LogP contribution in [-0.2, 0) is 14.3 Å². The Morgan fingerprint density at radius 2 is 1.59 bits per heavy atom. The first-order chi connectivity index (χ1) is 21.4. The molecule has 46 heavy (non-hydrogen) atoms. The standard InChI is InChI=1S/C36H58O10/c1-19-9-14-36(30(43)46-29-27(42)26(41)25(40)21(17-37)45-29)16-15-33(4)20(28(36)35(19,6)44)7-8-23-31(2)12-11-24(39)32(3,18-38)22(31)10-13-34(23,33)5/h7,19,21-29,37-42,44H,8-18H2,1-6H3/t19-,21+,22-,23+,24+,25-,26-,27-,28-,29-,31+,32+,33-,34+,35+,36-/m1/s1. The topological polar surface area (TPSA) is 177 Å². The van der Waals surface area contributed by atoms with Crippen LogP contribution in [0.2, 0.25) is 0 Å². The lowest BCUT2D eigenvalue weighted by atomic mass is 9.33. The van der Waals surface area contributed by atoms with Crippen LogP contribution in [0, 0.1) is 50.7 Å². The number of fused-ring (bicyclic) bond motifs is 7. The van der Waals surface area contributed by atoms with E-state index in [1.807, 2.05) is 20.8 Å². The largest absolute Gasteiger partial charge is 0.432 e. The number of carbonyl (C=O) groups is 1. The number of allylic oxidation sites excluding steroid dienone is 1. The number of rotatable bonds is 4. The summed E-state index contributed by atoms with van der Waals surface area (Å²) in [6.07, 6.45) is 0.492. The summed E-state index contributed by atoms with van der Waals surface area (Å²) in [5.41, 5.74) is -2.34. The maximum atomic E-state index is 14.5. The van der Waals surface area contributed by atoms with Gasteiger partial charge in [0.25, 0.3) is 0 Å². The maximum Gasteiger partial charge on any atom is 0.315 e. The molecule has 5 aliphatic carbocycles. The molecule has 0 unspecified atom stereocenters. The zero-order chi connectivity index (χ0) is 33.8. The Hall–Kier alpha value is -1.11. The van der Waals surface area contributed by atoms with E-state index >= 15 is 0 Å². The van der Waals surface area contributed by atoms with Gasteiger partial charge in [-0.25, -0.2) is 0 Å². The summed E-state index contributed by atoms with van der Waals surface area (Å²) in [5.74, 6) is -0.749. The van der Waals surface area contributed by atoms with Crippen LogP contribution in [0.15, 0.2) is 11.6 Å². The Bertz CT molecular complexity index is 1240. The minimum absolute atomic E-state index is 0.0435. The molecule has 6 rings (SSSR count). The summed E-state index contributed by atoms with van der Waals surface area (Å²) in [6, 6.07) is 0. The first-order valence-electron chi connectivity index (χ1n) is 17.6. The van der Waals surface area contributed by atoms with Crippen molar-refractivity contribution < 1.29 is 50.0 Å². The Labute approximate surface area is 273 Å². The lowest BCUT2D eigenvalue weighted by Crippen LogP contribution is -2.68. The van der Waals surface area contributed by atoms with Gasteiger partial charge in [-0.05, 0) is 98.7 Å². The van der Waals surface area contributed by atoms with Crippen LogP contribution in [0.4, 0.5) is 0 Å². The smallest absolute Gasteiger partial charge is 0.315 e. The summed E-state index contributed by atoms with van der Waals surface area (Å²) in [4.78, 5) is 14.5. The lowest BCUT2D eigenvalue weighted by molar-refractivity contribution is -0.299. The molecule has 0 amide bonds. The summed E-state index contributed by atoms with van der Waals surface area (Å²) in [6.45, 7) is 12.3. The third-order valence-electron chi connectivity index (χ3n) is 15.7. The molecule has 6 aliphatic rings. The third-order valence-corrected chi connectivity index (χ3v) is 15.7. The Morgan fingerprint density at radius 3 is 2.24 bits per heavy atom. The Balaban J connectivity index is 1.39. The van der Waals surface area contributed by atoms with Crippen LogP contribution in [0.3, 0.4) is 0 Å². The normalized spacial score (nSPS) is 56.8. The molecule has 1 aliphatic heterocycles. The van der Waals surface area contributed by atoms with Crippen molar-refractivity contribution in [1.29, 1.82) is 0 Å². The highest BCUT2D eigenvalue weighted by Gasteiger charge is 2.72. The molecule has 16 atom stereocenters. The molecule has 7 N–H and O–H groups in total. The van der Waals surface area contributed by atoms with Gasteiger partial charge in [0.05, 0.1) is 30.3 Å². The Kier molecular flexibility index (Phi) is 8.46. The van der Waals surface area contributed by atoms with E-state index in [0.29, 0.717) is 38.0 Å². The van der Waals surface area contributed by atoms with E-state index in [0.717, 1.165) is 31.3 Å². The van der Waals surface area contributed by atoms with Gasteiger partial charge in [0, 0.05) is 11.3 Å². The van der Waals surface area contributed by atoms with Gasteiger partial charge in [0.2, 0.25) is 6.29 Å². The minimum Gasteiger partial charge on any atom is -0.432 e. The summed E-state index contributed by atoms with van der Waals surface area (Å²) in [5, 5.41) is 75.0. The molecule has 0 spiro atoms. The minimum atomic E-state index is -1.70. The first kappa shape index (κ1) is 34.7. The average Bonchev–Trinajstić information content (AvgIpc) is 3.01. The molecule has 0 bridgehead atoms. The van der Waals surface area contributed by atoms with Crippen molar-refractivity contribution in [3.8, 4) is 0 Å². The summed E-state index contributed by atoms with van der Waals surface area (Å²) >= 11 is 0. The van der Waals surface area contributed by atoms with Gasteiger partial charge in [0.1, 0.15) is 24.4 Å². The monoisotopic (exact) mass is 650 g/mol. The van der Waals surface area contributed by atoms with E-state index in [-0.39, 0.29) is 34.7 Å². The van der Waals surface area contributed by atoms with E-state index in [9.17, 15) is 40.5 Å². The Morgan fingerprint density at radius 1 is 0.891 bits per heavy atom. The van der Waals surface area contributed by atoms with Crippen LogP contribution >= 0.6 is 0 Å². The molecule has 5 fully saturated rings. The molecule has 262 valence electrons. The van der Waals surface area contributed by atoms with E-state index < -0.39 is 71.7 Å². The molecule has 0 aromatic carbocycles. The second-order valence-corrected chi connectivity index (χ2v) is 17.4. The number of esters is 1. The third kappa shape index (κ3) is 4.39. The highest BCUT2D eigenvalue weighted by atomic mass is 16.7. The molecule has 1 heterocycles. The van der Waals surface area contributed by atoms with Crippen LogP contribution in [0.25, 0.3) is 0 Å². The predicted octanol–water partition coefficient (Wildman–Crippen LogP) is 2.44. The van der Waals surface area contributed by atoms with Gasteiger partial charge in [-0.1, -0.05) is 46.3 Å². The van der Waals surface area contributed by atoms with Crippen molar-refractivity contribution in [2.75, 3.05) is 13.2 Å². The number of aliphatic hydroxyl groups excluding tert-OH is 6. The van der Waals surface area contributed by atoms with E-state index in [4.69, 9.17) is 9.47 Å². The van der Waals surface area contributed by atoms with Crippen molar-refractivity contribution in [1.82, 2.24) is 0 Å². The fourth-order valence-electron chi connectivity index (χ4n) is 12.3. The average molecular weight is 651 g/mol. The highest BCUT2D eigenvalue weighted by molar-refractivity contribution is 5.79. The van der Waals surface area contributed by atoms with Gasteiger partial charge in [0.15, 0.2) is 0 Å². The first-order valence-corrected chi connectivity index (χ1v) is 17.6.